The number of halogens is 1. The molecular weight excluding hydrogens is 405 g/mol. The topological polar surface area (TPSA) is 151 Å². The molecule has 1 saturated heterocycles. The van der Waals surface area contributed by atoms with Crippen LogP contribution in [0.25, 0.3) is 0 Å². The van der Waals surface area contributed by atoms with E-state index in [1.807, 2.05) is 0 Å². The second-order valence-corrected chi connectivity index (χ2v) is 8.05. The Hall–Kier alpha value is -2.79. The van der Waals surface area contributed by atoms with E-state index in [4.69, 9.17) is 16.0 Å². The number of anilines is 1. The molecule has 172 valence electrons. The Morgan fingerprint density at radius 3 is 2.48 bits per heavy atom. The third-order valence-electron chi connectivity index (χ3n) is 5.24. The number of nitrogens with two attached hydrogens (primary N) is 1. The summed E-state index contributed by atoms with van der Waals surface area (Å²) in [5.41, 5.74) is 0.343. The molecule has 1 aliphatic carbocycles. The number of pyridine rings is 1. The maximum atomic E-state index is 15.1. The van der Waals surface area contributed by atoms with Crippen molar-refractivity contribution in [2.24, 2.45) is 5.84 Å². The Morgan fingerprint density at radius 2 is 2.00 bits per heavy atom. The van der Waals surface area contributed by atoms with Crippen LogP contribution in [0.2, 0.25) is 0 Å². The first-order chi connectivity index (χ1) is 14.2. The van der Waals surface area contributed by atoms with E-state index < -0.39 is 18.3 Å². The van der Waals surface area contributed by atoms with E-state index >= 15 is 4.39 Å². The normalized spacial score (nSPS) is 20.6. The predicted molar refractivity (Wildman–Crippen MR) is 115 cm³/mol. The van der Waals surface area contributed by atoms with E-state index in [0.717, 1.165) is 17.9 Å². The summed E-state index contributed by atoms with van der Waals surface area (Å²) < 4.78 is 20.2. The van der Waals surface area contributed by atoms with Gasteiger partial charge in [-0.2, -0.15) is 0 Å². The number of rotatable bonds is 5. The van der Waals surface area contributed by atoms with Gasteiger partial charge in [0.15, 0.2) is 0 Å². The van der Waals surface area contributed by atoms with Crippen molar-refractivity contribution in [3.05, 3.63) is 23.9 Å². The fourth-order valence-corrected chi connectivity index (χ4v) is 3.56. The summed E-state index contributed by atoms with van der Waals surface area (Å²) >= 11 is 0. The summed E-state index contributed by atoms with van der Waals surface area (Å²) in [5, 5.41) is 8.66. The Balaban J connectivity index is 0.00000341. The molecule has 0 spiro atoms. The number of amidine groups is 1. The molecule has 2 amide bonds. The van der Waals surface area contributed by atoms with E-state index in [9.17, 15) is 9.59 Å². The number of carbonyl (C=O) groups is 2. The molecule has 6 N–H and O–H groups in total. The first-order valence-electron chi connectivity index (χ1n) is 10.2. The largest absolute Gasteiger partial charge is 0.447 e. The molecule has 2 heterocycles. The second kappa shape index (κ2) is 10.0. The first-order valence-corrected chi connectivity index (χ1v) is 10.2. The molecule has 1 aromatic heterocycles. The van der Waals surface area contributed by atoms with Gasteiger partial charge in [-0.15, -0.1) is 0 Å². The SMILES string of the molecule is CC(=N)N(N)c1ccc(C(=O)N(C2CC2)[C@@H]2CCN(C(=O)OC(C)C)C[C@@H]2F)cn1.N. The van der Waals surface area contributed by atoms with Crippen molar-refractivity contribution in [3.63, 3.8) is 0 Å². The molecule has 0 unspecified atom stereocenters. The quantitative estimate of drug-likeness (QED) is 0.277. The van der Waals surface area contributed by atoms with Gasteiger partial charge in [-0.05, 0) is 52.2 Å². The number of carbonyl (C=O) groups excluding carboxylic acids is 2. The molecule has 2 fully saturated rings. The van der Waals surface area contributed by atoms with Crippen LogP contribution < -0.4 is 17.0 Å². The van der Waals surface area contributed by atoms with Crippen LogP contribution in [0.15, 0.2) is 18.3 Å². The van der Waals surface area contributed by atoms with Crippen molar-refractivity contribution in [1.82, 2.24) is 20.9 Å². The van der Waals surface area contributed by atoms with Gasteiger partial charge >= 0.3 is 6.09 Å². The third-order valence-corrected chi connectivity index (χ3v) is 5.24. The lowest BCUT2D eigenvalue weighted by Gasteiger charge is -2.40. The van der Waals surface area contributed by atoms with Crippen LogP contribution in [-0.2, 0) is 4.74 Å². The maximum Gasteiger partial charge on any atom is 0.410 e. The number of hydrazine groups is 1. The number of hydrogen-bond donors (Lipinski definition) is 3. The van der Waals surface area contributed by atoms with Crippen LogP contribution in [0.5, 0.6) is 0 Å². The molecule has 0 bridgehead atoms. The highest BCUT2D eigenvalue weighted by atomic mass is 19.1. The van der Waals surface area contributed by atoms with Gasteiger partial charge in [0.05, 0.1) is 24.3 Å². The lowest BCUT2D eigenvalue weighted by Crippen LogP contribution is -2.56. The summed E-state index contributed by atoms with van der Waals surface area (Å²) in [4.78, 5) is 32.4. The Morgan fingerprint density at radius 1 is 1.32 bits per heavy atom. The zero-order chi connectivity index (χ0) is 22.0. The minimum absolute atomic E-state index is 0. The standard InChI is InChI=1S/C20H29FN6O3.H3N/c1-12(2)30-20(29)25-9-8-17(16(21)11-25)26(15-5-6-15)19(28)14-4-7-18(24-10-14)27(23)13(3)22;/h4,7,10,12,15-17,22H,5-6,8-9,11,23H2,1-3H3;1H3/t16-,17+;/m0./s1. The number of likely N-dealkylation sites (tertiary alicyclic amines) is 1. The Labute approximate surface area is 181 Å². The van der Waals surface area contributed by atoms with E-state index in [1.165, 1.54) is 18.0 Å². The van der Waals surface area contributed by atoms with Crippen LogP contribution in [-0.4, -0.2) is 70.1 Å². The van der Waals surface area contributed by atoms with Crippen molar-refractivity contribution in [3.8, 4) is 0 Å². The second-order valence-electron chi connectivity index (χ2n) is 8.05. The molecule has 2 atom stereocenters. The summed E-state index contributed by atoms with van der Waals surface area (Å²) in [6, 6.07) is 2.56. The molecule has 2 aliphatic rings. The molecule has 0 radical (unpaired) electrons. The zero-order valence-electron chi connectivity index (χ0n) is 18.3. The number of nitrogens with one attached hydrogen (secondary N) is 1. The van der Waals surface area contributed by atoms with Gasteiger partial charge in [-0.25, -0.2) is 25.0 Å². The Bertz CT molecular complexity index is 800. The molecule has 10 nitrogen and oxygen atoms in total. The zero-order valence-corrected chi connectivity index (χ0v) is 18.3. The summed E-state index contributed by atoms with van der Waals surface area (Å²) in [7, 11) is 0. The third kappa shape index (κ3) is 5.67. The number of ether oxygens (including phenoxy) is 1. The van der Waals surface area contributed by atoms with Gasteiger partial charge in [0.1, 0.15) is 17.8 Å². The number of aromatic nitrogens is 1. The highest BCUT2D eigenvalue weighted by Crippen LogP contribution is 2.34. The van der Waals surface area contributed by atoms with Gasteiger partial charge in [0.2, 0.25) is 0 Å². The summed E-state index contributed by atoms with van der Waals surface area (Å²) in [6.07, 6.45) is 1.28. The molecular formula is C20H32FN7O3. The number of amides is 2. The van der Waals surface area contributed by atoms with Gasteiger partial charge in [-0.1, -0.05) is 0 Å². The molecule has 1 saturated carbocycles. The van der Waals surface area contributed by atoms with Crippen molar-refractivity contribution < 1.29 is 18.7 Å². The van der Waals surface area contributed by atoms with Gasteiger partial charge in [0, 0.05) is 18.8 Å². The van der Waals surface area contributed by atoms with E-state index in [2.05, 4.69) is 4.98 Å². The molecule has 0 aromatic carbocycles. The number of nitrogens with zero attached hydrogens (tertiary/aromatic N) is 4. The minimum atomic E-state index is -1.35. The van der Waals surface area contributed by atoms with Crippen molar-refractivity contribution in [2.75, 3.05) is 18.1 Å². The van der Waals surface area contributed by atoms with Crippen LogP contribution in [0.3, 0.4) is 0 Å². The molecule has 3 rings (SSSR count). The lowest BCUT2D eigenvalue weighted by molar-refractivity contribution is 0.0153. The van der Waals surface area contributed by atoms with Crippen molar-refractivity contribution in [1.29, 1.82) is 5.41 Å². The van der Waals surface area contributed by atoms with E-state index in [0.29, 0.717) is 24.3 Å². The lowest BCUT2D eigenvalue weighted by atomic mass is 10.00. The van der Waals surface area contributed by atoms with Crippen molar-refractivity contribution >= 4 is 23.7 Å². The summed E-state index contributed by atoms with van der Waals surface area (Å²) in [6.45, 7) is 5.27. The van der Waals surface area contributed by atoms with Crippen molar-refractivity contribution in [2.45, 2.75) is 64.4 Å². The van der Waals surface area contributed by atoms with Crippen LogP contribution >= 0.6 is 0 Å². The van der Waals surface area contributed by atoms with Gasteiger partial charge in [-0.3, -0.25) is 10.2 Å². The average Bonchev–Trinajstić information content (AvgIpc) is 3.53. The predicted octanol–water partition coefficient (Wildman–Crippen LogP) is 2.48. The smallest absolute Gasteiger partial charge is 0.410 e. The van der Waals surface area contributed by atoms with Crippen LogP contribution in [0.1, 0.15) is 50.4 Å². The molecule has 31 heavy (non-hydrogen) atoms. The highest BCUT2D eigenvalue weighted by molar-refractivity contribution is 5.96. The average molecular weight is 438 g/mol. The van der Waals surface area contributed by atoms with E-state index in [1.54, 1.807) is 30.9 Å². The van der Waals surface area contributed by atoms with Crippen LogP contribution in [0.4, 0.5) is 15.0 Å². The van der Waals surface area contributed by atoms with Gasteiger partial charge in [0.25, 0.3) is 5.91 Å². The monoisotopic (exact) mass is 437 g/mol. The first kappa shape index (κ1) is 24.5. The van der Waals surface area contributed by atoms with Gasteiger partial charge < -0.3 is 20.7 Å². The Kier molecular flexibility index (Phi) is 7.91. The number of alkyl halides is 1. The molecule has 1 aromatic rings. The summed E-state index contributed by atoms with van der Waals surface area (Å²) in [5.74, 6) is 5.92. The number of hydrogen-bond acceptors (Lipinski definition) is 7. The van der Waals surface area contributed by atoms with E-state index in [-0.39, 0.29) is 36.6 Å². The maximum absolute atomic E-state index is 15.1. The number of piperidine rings is 1. The van der Waals surface area contributed by atoms with Crippen LogP contribution in [0, 0.1) is 5.41 Å². The molecule has 11 heteroatoms. The molecule has 1 aliphatic heterocycles. The minimum Gasteiger partial charge on any atom is -0.447 e. The highest BCUT2D eigenvalue weighted by Gasteiger charge is 2.44. The fourth-order valence-electron chi connectivity index (χ4n) is 3.56. The fraction of sp³-hybridized carbons (Fsp3) is 0.600.